The number of nitrogens with one attached hydrogen (secondary N) is 1. The zero-order valence-electron chi connectivity index (χ0n) is 11.1. The number of hydrogen-bond donors (Lipinski definition) is 2. The summed E-state index contributed by atoms with van der Waals surface area (Å²) < 4.78 is 4.89. The Kier molecular flexibility index (Phi) is 3.08. The van der Waals surface area contributed by atoms with Crippen LogP contribution in [0, 0.1) is 30.6 Å². The van der Waals surface area contributed by atoms with Gasteiger partial charge in [-0.2, -0.15) is 0 Å². The summed E-state index contributed by atoms with van der Waals surface area (Å²) in [6.45, 7) is 1.73. The van der Waals surface area contributed by atoms with Gasteiger partial charge in [-0.3, -0.25) is 9.59 Å². The smallest absolute Gasteiger partial charge is 0.307 e. The van der Waals surface area contributed by atoms with Crippen molar-refractivity contribution < 1.29 is 19.2 Å². The first-order valence-corrected chi connectivity index (χ1v) is 6.71. The van der Waals surface area contributed by atoms with E-state index < -0.39 is 17.8 Å². The Hall–Kier alpha value is -2.11. The average Bonchev–Trinajstić information content (AvgIpc) is 2.84. The van der Waals surface area contributed by atoms with Crippen molar-refractivity contribution >= 4 is 17.7 Å². The van der Waals surface area contributed by atoms with E-state index in [0.717, 1.165) is 12.8 Å². The second-order valence-electron chi connectivity index (χ2n) is 5.49. The summed E-state index contributed by atoms with van der Waals surface area (Å²) in [6.07, 6.45) is 5.62. The molecule has 6 heteroatoms. The fourth-order valence-corrected chi connectivity index (χ4v) is 3.32. The topological polar surface area (TPSA) is 92.4 Å². The molecule has 4 rings (SSSR count). The third kappa shape index (κ3) is 2.11. The van der Waals surface area contributed by atoms with Gasteiger partial charge in [0.05, 0.1) is 11.8 Å². The van der Waals surface area contributed by atoms with E-state index in [1.54, 1.807) is 13.0 Å². The highest BCUT2D eigenvalue weighted by atomic mass is 16.5. The average molecular weight is 276 g/mol. The number of anilines is 1. The van der Waals surface area contributed by atoms with Crippen LogP contribution in [0.5, 0.6) is 0 Å². The normalized spacial score (nSPS) is 31.2. The molecule has 1 aromatic heterocycles. The third-order valence-electron chi connectivity index (χ3n) is 4.22. The highest BCUT2D eigenvalue weighted by Gasteiger charge is 2.48. The largest absolute Gasteiger partial charge is 0.481 e. The Morgan fingerprint density at radius 3 is 2.45 bits per heavy atom. The van der Waals surface area contributed by atoms with E-state index in [9.17, 15) is 14.7 Å². The first-order chi connectivity index (χ1) is 9.56. The van der Waals surface area contributed by atoms with Gasteiger partial charge in [0.1, 0.15) is 5.76 Å². The minimum absolute atomic E-state index is 0.00546. The number of amides is 1. The summed E-state index contributed by atoms with van der Waals surface area (Å²) in [5.74, 6) is -1.49. The van der Waals surface area contributed by atoms with Crippen molar-refractivity contribution in [3.63, 3.8) is 0 Å². The van der Waals surface area contributed by atoms with Crippen molar-refractivity contribution in [1.82, 2.24) is 5.16 Å². The molecule has 1 fully saturated rings. The van der Waals surface area contributed by atoms with Gasteiger partial charge in [-0.1, -0.05) is 17.3 Å². The van der Waals surface area contributed by atoms with Crippen molar-refractivity contribution in [3.05, 3.63) is 24.0 Å². The van der Waals surface area contributed by atoms with E-state index >= 15 is 0 Å². The number of carboxylic acids is 1. The molecule has 1 aromatic rings. The highest BCUT2D eigenvalue weighted by molar-refractivity contribution is 5.95. The zero-order valence-corrected chi connectivity index (χ0v) is 11.1. The van der Waals surface area contributed by atoms with E-state index in [4.69, 9.17) is 4.52 Å². The lowest BCUT2D eigenvalue weighted by Gasteiger charge is -2.41. The summed E-state index contributed by atoms with van der Waals surface area (Å²) in [4.78, 5) is 23.9. The van der Waals surface area contributed by atoms with Gasteiger partial charge in [0.2, 0.25) is 5.91 Å². The van der Waals surface area contributed by atoms with Gasteiger partial charge in [0.15, 0.2) is 5.82 Å². The quantitative estimate of drug-likeness (QED) is 0.822. The van der Waals surface area contributed by atoms with Crippen LogP contribution in [-0.2, 0) is 9.59 Å². The molecule has 0 unspecified atom stereocenters. The molecule has 3 aliphatic carbocycles. The van der Waals surface area contributed by atoms with Gasteiger partial charge in [0, 0.05) is 6.07 Å². The van der Waals surface area contributed by atoms with Crippen molar-refractivity contribution in [2.75, 3.05) is 5.32 Å². The number of hydrogen-bond acceptors (Lipinski definition) is 4. The minimum atomic E-state index is -0.902. The SMILES string of the molecule is Cc1cc(NC(=O)[C@H]2[C@H](C(=O)O)[C@H]3C=C[C@H]2CC3)no1. The maximum atomic E-state index is 12.4. The van der Waals surface area contributed by atoms with E-state index in [1.165, 1.54) is 0 Å². The second kappa shape index (κ2) is 4.77. The Morgan fingerprint density at radius 2 is 1.95 bits per heavy atom. The lowest BCUT2D eigenvalue weighted by atomic mass is 9.62. The van der Waals surface area contributed by atoms with Crippen LogP contribution in [0.15, 0.2) is 22.7 Å². The predicted octanol–water partition coefficient (Wildman–Crippen LogP) is 1.83. The summed E-state index contributed by atoms with van der Waals surface area (Å²) in [7, 11) is 0. The molecule has 1 heterocycles. The Morgan fingerprint density at radius 1 is 1.30 bits per heavy atom. The number of rotatable bonds is 3. The van der Waals surface area contributed by atoms with Crippen molar-refractivity contribution in [3.8, 4) is 0 Å². The first-order valence-electron chi connectivity index (χ1n) is 6.71. The Labute approximate surface area is 115 Å². The van der Waals surface area contributed by atoms with Crippen LogP contribution in [-0.4, -0.2) is 22.1 Å². The van der Waals surface area contributed by atoms with Crippen molar-refractivity contribution in [1.29, 1.82) is 0 Å². The molecule has 3 aliphatic rings. The van der Waals surface area contributed by atoms with Crippen LogP contribution < -0.4 is 5.32 Å². The molecule has 20 heavy (non-hydrogen) atoms. The number of allylic oxidation sites excluding steroid dienone is 2. The van der Waals surface area contributed by atoms with Crippen LogP contribution in [0.3, 0.4) is 0 Å². The fraction of sp³-hybridized carbons (Fsp3) is 0.500. The standard InChI is InChI=1S/C14H16N2O4/c1-7-6-10(16-20-7)15-13(17)11-8-2-4-9(5-3-8)12(11)14(18)19/h2,4,6,8-9,11-12H,3,5H2,1H3,(H,18,19)(H,15,16,17)/t8-,9-,11+,12+/m0/s1. The molecule has 1 saturated carbocycles. The number of carbonyl (C=O) groups excluding carboxylic acids is 1. The monoisotopic (exact) mass is 276 g/mol. The molecule has 0 saturated heterocycles. The van der Waals surface area contributed by atoms with Gasteiger partial charge < -0.3 is 14.9 Å². The van der Waals surface area contributed by atoms with Gasteiger partial charge in [-0.05, 0) is 31.6 Å². The molecule has 106 valence electrons. The molecule has 6 nitrogen and oxygen atoms in total. The van der Waals surface area contributed by atoms with Gasteiger partial charge in [0.25, 0.3) is 0 Å². The summed E-state index contributed by atoms with van der Waals surface area (Å²) >= 11 is 0. The first kappa shape index (κ1) is 12.9. The Bertz CT molecular complexity index is 577. The summed E-state index contributed by atoms with van der Waals surface area (Å²) in [5, 5.41) is 15.8. The summed E-state index contributed by atoms with van der Waals surface area (Å²) in [5.41, 5.74) is 0. The molecule has 0 aromatic carbocycles. The van der Waals surface area contributed by atoms with E-state index in [2.05, 4.69) is 10.5 Å². The van der Waals surface area contributed by atoms with Gasteiger partial charge >= 0.3 is 5.97 Å². The van der Waals surface area contributed by atoms with Gasteiger partial charge in [-0.15, -0.1) is 0 Å². The number of nitrogens with zero attached hydrogens (tertiary/aromatic N) is 1. The molecule has 0 aliphatic heterocycles. The minimum Gasteiger partial charge on any atom is -0.481 e. The number of fused-ring (bicyclic) bond motifs is 2. The molecule has 0 radical (unpaired) electrons. The zero-order chi connectivity index (χ0) is 14.3. The highest BCUT2D eigenvalue weighted by Crippen LogP contribution is 2.45. The number of aromatic nitrogens is 1. The molecule has 2 N–H and O–H groups in total. The number of carboxylic acid groups (broad SMARTS) is 1. The van der Waals surface area contributed by atoms with Gasteiger partial charge in [-0.25, -0.2) is 0 Å². The van der Waals surface area contributed by atoms with Crippen LogP contribution in [0.4, 0.5) is 5.82 Å². The van der Waals surface area contributed by atoms with Crippen LogP contribution in [0.1, 0.15) is 18.6 Å². The second-order valence-corrected chi connectivity index (χ2v) is 5.49. The van der Waals surface area contributed by atoms with E-state index in [-0.39, 0.29) is 17.7 Å². The molecule has 1 amide bonds. The van der Waals surface area contributed by atoms with E-state index in [0.29, 0.717) is 11.6 Å². The molecule has 0 spiro atoms. The van der Waals surface area contributed by atoms with E-state index in [1.807, 2.05) is 12.2 Å². The predicted molar refractivity (Wildman–Crippen MR) is 69.8 cm³/mol. The molecule has 2 bridgehead atoms. The lowest BCUT2D eigenvalue weighted by Crippen LogP contribution is -2.47. The maximum absolute atomic E-state index is 12.4. The molecule has 4 atom stereocenters. The number of aliphatic carboxylic acids is 1. The molecular weight excluding hydrogens is 260 g/mol. The number of aryl methyl sites for hydroxylation is 1. The van der Waals surface area contributed by atoms with Crippen LogP contribution in [0.2, 0.25) is 0 Å². The van der Waals surface area contributed by atoms with Crippen molar-refractivity contribution in [2.45, 2.75) is 19.8 Å². The van der Waals surface area contributed by atoms with Crippen molar-refractivity contribution in [2.24, 2.45) is 23.7 Å². The third-order valence-corrected chi connectivity index (χ3v) is 4.22. The van der Waals surface area contributed by atoms with Crippen LogP contribution in [0.25, 0.3) is 0 Å². The van der Waals surface area contributed by atoms with Crippen LogP contribution >= 0.6 is 0 Å². The number of carbonyl (C=O) groups is 2. The Balaban J connectivity index is 1.82. The summed E-state index contributed by atoms with van der Waals surface area (Å²) in [6, 6.07) is 1.62. The lowest BCUT2D eigenvalue weighted by molar-refractivity contribution is -0.151. The molecular formula is C14H16N2O4. The maximum Gasteiger partial charge on any atom is 0.307 e. The fourth-order valence-electron chi connectivity index (χ4n) is 3.32.